The first-order chi connectivity index (χ1) is 12.8. The van der Waals surface area contributed by atoms with Gasteiger partial charge in [-0.2, -0.15) is 5.26 Å². The summed E-state index contributed by atoms with van der Waals surface area (Å²) in [6, 6.07) is 10.7. The highest BCUT2D eigenvalue weighted by Gasteiger charge is 2.14. The average Bonchev–Trinajstić information content (AvgIpc) is 2.60. The topological polar surface area (TPSA) is 99.4 Å². The lowest BCUT2D eigenvalue weighted by atomic mass is 10.1. The Hall–Kier alpha value is -2.20. The quantitative estimate of drug-likeness (QED) is 0.300. The number of rotatable bonds is 6. The van der Waals surface area contributed by atoms with Crippen LogP contribution in [0.4, 0.5) is 10.1 Å². The van der Waals surface area contributed by atoms with Gasteiger partial charge in [0.1, 0.15) is 23.2 Å². The molecule has 0 unspecified atom stereocenters. The van der Waals surface area contributed by atoms with Crippen molar-refractivity contribution in [3.8, 4) is 11.8 Å². The van der Waals surface area contributed by atoms with Crippen LogP contribution in [0.3, 0.4) is 0 Å². The second kappa shape index (κ2) is 9.65. The number of benzene rings is 2. The molecule has 27 heavy (non-hydrogen) atoms. The lowest BCUT2D eigenvalue weighted by Crippen LogP contribution is -2.14. The van der Waals surface area contributed by atoms with Gasteiger partial charge >= 0.3 is 5.97 Å². The van der Waals surface area contributed by atoms with Crippen molar-refractivity contribution in [2.75, 3.05) is 11.9 Å². The van der Waals surface area contributed by atoms with Gasteiger partial charge in [-0.05, 0) is 81.1 Å². The zero-order valence-corrected chi connectivity index (χ0v) is 17.8. The van der Waals surface area contributed by atoms with Crippen molar-refractivity contribution in [2.24, 2.45) is 0 Å². The summed E-state index contributed by atoms with van der Waals surface area (Å²) in [6.07, 6.45) is 1.36. The van der Waals surface area contributed by atoms with Crippen molar-refractivity contribution >= 4 is 68.8 Å². The molecule has 0 bridgehead atoms. The molecule has 0 aliphatic carbocycles. The number of nitrogens with one attached hydrogen (secondary N) is 1. The highest BCUT2D eigenvalue weighted by atomic mass is 127. The number of aliphatic carboxylic acids is 1. The number of para-hydroxylation sites is 1. The monoisotopic (exact) mass is 592 g/mol. The molecule has 0 radical (unpaired) electrons. The van der Waals surface area contributed by atoms with Gasteiger partial charge in [0, 0.05) is 0 Å². The molecule has 2 N–H and O–H groups in total. The van der Waals surface area contributed by atoms with Gasteiger partial charge in [0.2, 0.25) is 0 Å². The molecule has 0 spiro atoms. The minimum Gasteiger partial charge on any atom is -0.480 e. The van der Waals surface area contributed by atoms with Gasteiger partial charge in [0.25, 0.3) is 5.91 Å². The first kappa shape index (κ1) is 21.1. The maximum atomic E-state index is 13.6. The highest BCUT2D eigenvalue weighted by molar-refractivity contribution is 14.1. The van der Waals surface area contributed by atoms with E-state index in [-0.39, 0.29) is 11.3 Å². The van der Waals surface area contributed by atoms with Gasteiger partial charge in [-0.1, -0.05) is 12.1 Å². The first-order valence-corrected chi connectivity index (χ1v) is 9.49. The number of carboxylic acid groups (broad SMARTS) is 1. The van der Waals surface area contributed by atoms with Crippen LogP contribution >= 0.6 is 45.2 Å². The summed E-state index contributed by atoms with van der Waals surface area (Å²) in [5.41, 5.74) is 0.320. The summed E-state index contributed by atoms with van der Waals surface area (Å²) in [5, 5.41) is 20.4. The van der Waals surface area contributed by atoms with Crippen LogP contribution in [0.1, 0.15) is 5.56 Å². The molecule has 0 atom stereocenters. The molecule has 0 fully saturated rings. The van der Waals surface area contributed by atoms with E-state index in [4.69, 9.17) is 9.84 Å². The Labute approximate surface area is 181 Å². The molecule has 2 rings (SSSR count). The minimum atomic E-state index is -1.10. The number of nitrogens with zero attached hydrogens (tertiary/aromatic N) is 1. The Bertz CT molecular complexity index is 947. The fourth-order valence-corrected chi connectivity index (χ4v) is 4.13. The van der Waals surface area contributed by atoms with Crippen molar-refractivity contribution < 1.29 is 23.8 Å². The number of carbonyl (C=O) groups excluding carboxylic acids is 1. The predicted octanol–water partition coefficient (Wildman–Crippen LogP) is 4.04. The molecule has 6 nitrogen and oxygen atoms in total. The lowest BCUT2D eigenvalue weighted by molar-refractivity contribution is -0.139. The number of carboxylic acids is 1. The first-order valence-electron chi connectivity index (χ1n) is 7.33. The maximum Gasteiger partial charge on any atom is 0.341 e. The Morgan fingerprint density at radius 2 is 1.89 bits per heavy atom. The lowest BCUT2D eigenvalue weighted by Gasteiger charge is -2.10. The third-order valence-electron chi connectivity index (χ3n) is 3.16. The Balaban J connectivity index is 2.27. The van der Waals surface area contributed by atoms with Gasteiger partial charge in [-0.15, -0.1) is 0 Å². The molecule has 0 saturated carbocycles. The average molecular weight is 592 g/mol. The number of anilines is 1. The number of amides is 1. The van der Waals surface area contributed by atoms with Crippen molar-refractivity contribution in [2.45, 2.75) is 0 Å². The molecule has 0 heterocycles. The predicted molar refractivity (Wildman–Crippen MR) is 114 cm³/mol. The van der Waals surface area contributed by atoms with Gasteiger partial charge in [-0.25, -0.2) is 9.18 Å². The molecular weight excluding hydrogens is 581 g/mol. The third kappa shape index (κ3) is 5.90. The van der Waals surface area contributed by atoms with Gasteiger partial charge in [0.05, 0.1) is 12.8 Å². The fraction of sp³-hybridized carbons (Fsp3) is 0.0556. The number of hydrogen-bond acceptors (Lipinski definition) is 4. The van der Waals surface area contributed by atoms with Crippen molar-refractivity contribution in [3.05, 3.63) is 60.5 Å². The Kier molecular flexibility index (Phi) is 7.55. The maximum absolute atomic E-state index is 13.6. The van der Waals surface area contributed by atoms with E-state index in [9.17, 15) is 19.2 Å². The van der Waals surface area contributed by atoms with E-state index in [1.807, 2.05) is 45.2 Å². The molecule has 0 aliphatic rings. The molecule has 0 aliphatic heterocycles. The molecule has 138 valence electrons. The van der Waals surface area contributed by atoms with Crippen LogP contribution in [0.2, 0.25) is 0 Å². The van der Waals surface area contributed by atoms with Crippen LogP contribution in [0.15, 0.2) is 42.0 Å². The zero-order valence-electron chi connectivity index (χ0n) is 13.5. The molecular formula is C18H11FI2N2O4. The second-order valence-corrected chi connectivity index (χ2v) is 7.42. The molecule has 2 aromatic carbocycles. The van der Waals surface area contributed by atoms with Gasteiger partial charge in [-0.3, -0.25) is 4.79 Å². The van der Waals surface area contributed by atoms with E-state index in [0.717, 1.165) is 0 Å². The Morgan fingerprint density at radius 3 is 2.44 bits per heavy atom. The summed E-state index contributed by atoms with van der Waals surface area (Å²) in [6.45, 7) is -0.477. The molecule has 0 saturated heterocycles. The standard InChI is InChI=1S/C18H11FI2N2O4/c19-12-3-1-2-4-15(12)23-18(26)11(8-22)5-10-6-13(20)17(14(21)7-10)27-9-16(24)25/h1-7H,9H2,(H,23,26)(H,24,25)/b11-5-. The van der Waals surface area contributed by atoms with Crippen LogP contribution in [0.25, 0.3) is 6.08 Å². The zero-order chi connectivity index (χ0) is 20.0. The summed E-state index contributed by atoms with van der Waals surface area (Å²) < 4.78 is 20.1. The summed E-state index contributed by atoms with van der Waals surface area (Å²) in [4.78, 5) is 22.9. The molecule has 9 heteroatoms. The SMILES string of the molecule is N#C/C(=C/c1cc(I)c(OCC(=O)O)c(I)c1)C(=O)Nc1ccccc1F. The van der Waals surface area contributed by atoms with E-state index in [2.05, 4.69) is 5.32 Å². The van der Waals surface area contributed by atoms with Gasteiger partial charge < -0.3 is 15.2 Å². The molecule has 0 aromatic heterocycles. The number of ether oxygens (including phenoxy) is 1. The largest absolute Gasteiger partial charge is 0.480 e. The van der Waals surface area contributed by atoms with E-state index in [1.54, 1.807) is 24.3 Å². The summed E-state index contributed by atoms with van der Waals surface area (Å²) in [5.74, 6) is -2.03. The Morgan fingerprint density at radius 1 is 1.26 bits per heavy atom. The summed E-state index contributed by atoms with van der Waals surface area (Å²) in [7, 11) is 0. The van der Waals surface area contributed by atoms with Crippen LogP contribution in [-0.2, 0) is 9.59 Å². The van der Waals surface area contributed by atoms with E-state index in [0.29, 0.717) is 18.5 Å². The number of carbonyl (C=O) groups is 2. The van der Waals surface area contributed by atoms with Crippen LogP contribution in [-0.4, -0.2) is 23.6 Å². The number of hydrogen-bond donors (Lipinski definition) is 2. The van der Waals surface area contributed by atoms with Crippen molar-refractivity contribution in [1.29, 1.82) is 5.26 Å². The smallest absolute Gasteiger partial charge is 0.341 e. The molecule has 2 aromatic rings. The van der Waals surface area contributed by atoms with E-state index >= 15 is 0 Å². The van der Waals surface area contributed by atoms with Crippen LogP contribution in [0, 0.1) is 24.3 Å². The van der Waals surface area contributed by atoms with Gasteiger partial charge in [0.15, 0.2) is 6.61 Å². The fourth-order valence-electron chi connectivity index (χ4n) is 2.00. The third-order valence-corrected chi connectivity index (χ3v) is 4.76. The normalized spacial score (nSPS) is 10.8. The van der Waals surface area contributed by atoms with E-state index < -0.39 is 24.3 Å². The minimum absolute atomic E-state index is 0.0229. The highest BCUT2D eigenvalue weighted by Crippen LogP contribution is 2.30. The summed E-state index contributed by atoms with van der Waals surface area (Å²) >= 11 is 3.94. The van der Waals surface area contributed by atoms with Crippen LogP contribution in [0.5, 0.6) is 5.75 Å². The van der Waals surface area contributed by atoms with Crippen molar-refractivity contribution in [1.82, 2.24) is 0 Å². The number of halogens is 3. The van der Waals surface area contributed by atoms with E-state index in [1.165, 1.54) is 24.3 Å². The molecule has 1 amide bonds. The van der Waals surface area contributed by atoms with Crippen LogP contribution < -0.4 is 10.1 Å². The second-order valence-electron chi connectivity index (χ2n) is 5.10. The number of nitriles is 1. The van der Waals surface area contributed by atoms with Crippen molar-refractivity contribution in [3.63, 3.8) is 0 Å².